The number of carbonyl (C=O) groups is 2. The lowest BCUT2D eigenvalue weighted by atomic mass is 10.1. The molecule has 0 spiro atoms. The molecule has 0 fully saturated rings. The largest absolute Gasteiger partial charge is 0.485 e. The first kappa shape index (κ1) is 19.5. The van der Waals surface area contributed by atoms with Gasteiger partial charge in [-0.1, -0.05) is 24.3 Å². The fraction of sp³-hybridized carbons (Fsp3) is 0.263. The first-order valence-corrected chi connectivity index (χ1v) is 8.46. The Morgan fingerprint density at radius 2 is 1.68 bits per heavy atom. The van der Waals surface area contributed by atoms with Gasteiger partial charge in [-0.15, -0.1) is 0 Å². The normalized spacial score (nSPS) is 15.6. The van der Waals surface area contributed by atoms with Crippen LogP contribution in [-0.2, 0) is 22.2 Å². The van der Waals surface area contributed by atoms with Gasteiger partial charge in [0.15, 0.2) is 11.5 Å². The molecule has 2 N–H and O–H groups in total. The number of para-hydroxylation sites is 2. The van der Waals surface area contributed by atoms with Crippen LogP contribution in [0.15, 0.2) is 48.5 Å². The average molecular weight is 394 g/mol. The molecule has 1 heterocycles. The summed E-state index contributed by atoms with van der Waals surface area (Å²) in [7, 11) is 0. The lowest BCUT2D eigenvalue weighted by Gasteiger charge is -2.25. The number of aryl methyl sites for hydroxylation is 1. The molecular weight excluding hydrogens is 377 g/mol. The highest BCUT2D eigenvalue weighted by Gasteiger charge is 2.30. The summed E-state index contributed by atoms with van der Waals surface area (Å²) in [4.78, 5) is 23.9. The monoisotopic (exact) mass is 394 g/mol. The van der Waals surface area contributed by atoms with E-state index in [2.05, 4.69) is 10.9 Å². The molecule has 0 aliphatic carbocycles. The highest BCUT2D eigenvalue weighted by Crippen LogP contribution is 2.31. The van der Waals surface area contributed by atoms with Gasteiger partial charge in [0.2, 0.25) is 12.0 Å². The molecule has 2 aromatic carbocycles. The zero-order chi connectivity index (χ0) is 20.1. The average Bonchev–Trinajstić information content (AvgIpc) is 2.69. The van der Waals surface area contributed by atoms with E-state index in [1.165, 1.54) is 12.1 Å². The van der Waals surface area contributed by atoms with Crippen LogP contribution in [0.25, 0.3) is 0 Å². The Hall–Kier alpha value is -3.23. The number of benzene rings is 2. The minimum Gasteiger partial charge on any atom is -0.485 e. The quantitative estimate of drug-likeness (QED) is 0.782. The Labute approximate surface area is 158 Å². The number of amides is 2. The molecule has 6 nitrogen and oxygen atoms in total. The van der Waals surface area contributed by atoms with E-state index in [0.717, 1.165) is 12.1 Å². The van der Waals surface area contributed by atoms with Crippen LogP contribution in [0.2, 0.25) is 0 Å². The molecule has 1 aliphatic heterocycles. The van der Waals surface area contributed by atoms with Crippen LogP contribution in [0.1, 0.15) is 17.5 Å². The third kappa shape index (κ3) is 4.93. The molecule has 2 amide bonds. The van der Waals surface area contributed by atoms with Crippen molar-refractivity contribution in [1.29, 1.82) is 0 Å². The van der Waals surface area contributed by atoms with Crippen LogP contribution in [0.3, 0.4) is 0 Å². The molecule has 28 heavy (non-hydrogen) atoms. The molecule has 2 aromatic rings. The van der Waals surface area contributed by atoms with Gasteiger partial charge < -0.3 is 9.47 Å². The number of rotatable bonds is 4. The molecule has 0 saturated carbocycles. The predicted molar refractivity (Wildman–Crippen MR) is 92.4 cm³/mol. The number of carbonyl (C=O) groups excluding carboxylic acids is 2. The number of halogens is 3. The van der Waals surface area contributed by atoms with Gasteiger partial charge in [-0.3, -0.25) is 20.4 Å². The van der Waals surface area contributed by atoms with Crippen LogP contribution in [0, 0.1) is 0 Å². The second-order valence-electron chi connectivity index (χ2n) is 6.10. The van der Waals surface area contributed by atoms with Gasteiger partial charge in [0, 0.05) is 6.42 Å². The first-order chi connectivity index (χ1) is 13.3. The van der Waals surface area contributed by atoms with Crippen molar-refractivity contribution in [3.8, 4) is 11.5 Å². The topological polar surface area (TPSA) is 76.7 Å². The van der Waals surface area contributed by atoms with E-state index in [1.54, 1.807) is 24.3 Å². The van der Waals surface area contributed by atoms with E-state index in [0.29, 0.717) is 17.1 Å². The second kappa shape index (κ2) is 8.20. The fourth-order valence-corrected chi connectivity index (χ4v) is 2.54. The third-order valence-electron chi connectivity index (χ3n) is 4.05. The standard InChI is InChI=1S/C19H17F3N2O4/c20-19(21,22)13-8-5-12(6-9-13)7-10-17(25)23-24-18(26)16-11-27-14-3-1-2-4-15(14)28-16/h1-6,8-9,16H,7,10-11H2,(H,23,25)(H,24,26). The van der Waals surface area contributed by atoms with Crippen LogP contribution < -0.4 is 20.3 Å². The number of ether oxygens (including phenoxy) is 2. The van der Waals surface area contributed by atoms with Gasteiger partial charge in [0.05, 0.1) is 5.56 Å². The van der Waals surface area contributed by atoms with Crippen LogP contribution in [0.5, 0.6) is 11.5 Å². The van der Waals surface area contributed by atoms with Gasteiger partial charge in [-0.25, -0.2) is 0 Å². The minimum absolute atomic E-state index is 0.00347. The molecule has 0 bridgehead atoms. The third-order valence-corrected chi connectivity index (χ3v) is 4.05. The van der Waals surface area contributed by atoms with E-state index < -0.39 is 29.7 Å². The maximum absolute atomic E-state index is 12.5. The Kier molecular flexibility index (Phi) is 5.72. The number of hydrogen-bond acceptors (Lipinski definition) is 4. The van der Waals surface area contributed by atoms with Gasteiger partial charge in [-0.2, -0.15) is 13.2 Å². The van der Waals surface area contributed by atoms with Crippen molar-refractivity contribution >= 4 is 11.8 Å². The zero-order valence-electron chi connectivity index (χ0n) is 14.6. The first-order valence-electron chi connectivity index (χ1n) is 8.46. The highest BCUT2D eigenvalue weighted by molar-refractivity contribution is 5.85. The molecule has 1 atom stereocenters. The molecule has 9 heteroatoms. The molecule has 148 valence electrons. The Balaban J connectivity index is 1.42. The molecule has 1 aliphatic rings. The van der Waals surface area contributed by atoms with Gasteiger partial charge >= 0.3 is 6.18 Å². The van der Waals surface area contributed by atoms with Gasteiger partial charge in [0.25, 0.3) is 5.91 Å². The maximum Gasteiger partial charge on any atom is 0.416 e. The smallest absolute Gasteiger partial charge is 0.416 e. The molecule has 0 radical (unpaired) electrons. The van der Waals surface area contributed by atoms with Crippen LogP contribution in [0.4, 0.5) is 13.2 Å². The highest BCUT2D eigenvalue weighted by atomic mass is 19.4. The Morgan fingerprint density at radius 1 is 1.00 bits per heavy atom. The summed E-state index contributed by atoms with van der Waals surface area (Å²) < 4.78 is 48.5. The van der Waals surface area contributed by atoms with E-state index >= 15 is 0 Å². The molecule has 0 aromatic heterocycles. The van der Waals surface area contributed by atoms with Crippen LogP contribution >= 0.6 is 0 Å². The van der Waals surface area contributed by atoms with E-state index in [4.69, 9.17) is 9.47 Å². The van der Waals surface area contributed by atoms with Crippen molar-refractivity contribution < 1.29 is 32.2 Å². The maximum atomic E-state index is 12.5. The van der Waals surface area contributed by atoms with Crippen molar-refractivity contribution in [3.63, 3.8) is 0 Å². The van der Waals surface area contributed by atoms with Crippen molar-refractivity contribution in [2.24, 2.45) is 0 Å². The van der Waals surface area contributed by atoms with Crippen LogP contribution in [-0.4, -0.2) is 24.5 Å². The number of nitrogens with one attached hydrogen (secondary N) is 2. The predicted octanol–water partition coefficient (Wildman–Crippen LogP) is 2.63. The van der Waals surface area contributed by atoms with E-state index in [1.807, 2.05) is 0 Å². The molecule has 1 unspecified atom stereocenters. The minimum atomic E-state index is -4.40. The molecule has 3 rings (SSSR count). The summed E-state index contributed by atoms with van der Waals surface area (Å²) in [5.41, 5.74) is 4.34. The number of hydrogen-bond donors (Lipinski definition) is 2. The molecule has 0 saturated heterocycles. The molecular formula is C19H17F3N2O4. The summed E-state index contributed by atoms with van der Waals surface area (Å²) in [6, 6.07) is 11.5. The number of hydrazine groups is 1. The lowest BCUT2D eigenvalue weighted by Crippen LogP contribution is -2.50. The second-order valence-corrected chi connectivity index (χ2v) is 6.10. The van der Waals surface area contributed by atoms with Crippen molar-refractivity contribution in [1.82, 2.24) is 10.9 Å². The van der Waals surface area contributed by atoms with Crippen molar-refractivity contribution in [2.75, 3.05) is 6.61 Å². The summed E-state index contributed by atoms with van der Waals surface area (Å²) in [6.07, 6.45) is -5.08. The fourth-order valence-electron chi connectivity index (χ4n) is 2.54. The summed E-state index contributed by atoms with van der Waals surface area (Å²) in [5, 5.41) is 0. The summed E-state index contributed by atoms with van der Waals surface area (Å²) in [6.45, 7) is 0.00424. The van der Waals surface area contributed by atoms with Crippen molar-refractivity contribution in [2.45, 2.75) is 25.1 Å². The Bertz CT molecular complexity index is 853. The summed E-state index contributed by atoms with van der Waals surface area (Å²) in [5.74, 6) is -0.0857. The van der Waals surface area contributed by atoms with Gasteiger partial charge in [-0.05, 0) is 36.2 Å². The van der Waals surface area contributed by atoms with E-state index in [-0.39, 0.29) is 19.4 Å². The zero-order valence-corrected chi connectivity index (χ0v) is 14.6. The van der Waals surface area contributed by atoms with E-state index in [9.17, 15) is 22.8 Å². The SMILES string of the molecule is O=C(CCc1ccc(C(F)(F)F)cc1)NNC(=O)C1COc2ccccc2O1. The van der Waals surface area contributed by atoms with Gasteiger partial charge in [0.1, 0.15) is 6.61 Å². The van der Waals surface area contributed by atoms with Crippen molar-refractivity contribution in [3.05, 3.63) is 59.7 Å². The number of fused-ring (bicyclic) bond motifs is 1. The lowest BCUT2D eigenvalue weighted by molar-refractivity contribution is -0.137. The Morgan fingerprint density at radius 3 is 2.36 bits per heavy atom. The summed E-state index contributed by atoms with van der Waals surface area (Å²) >= 11 is 0. The number of alkyl halides is 3.